The van der Waals surface area contributed by atoms with Gasteiger partial charge in [-0.3, -0.25) is 0 Å². The van der Waals surface area contributed by atoms with Crippen LogP contribution in [0.25, 0.3) is 93.9 Å². The first-order valence-electron chi connectivity index (χ1n) is 22.7. The highest BCUT2D eigenvalue weighted by Gasteiger charge is 2.21. The van der Waals surface area contributed by atoms with E-state index in [9.17, 15) is 0 Å². The Morgan fingerprint density at radius 2 is 0.712 bits per heavy atom. The van der Waals surface area contributed by atoms with Crippen LogP contribution in [0.3, 0.4) is 0 Å². The van der Waals surface area contributed by atoms with Crippen LogP contribution in [0, 0.1) is 0 Å². The Morgan fingerprint density at radius 3 is 1.36 bits per heavy atom. The fraction of sp³-hybridized carbons (Fsp3) is 0. The predicted molar refractivity (Wildman–Crippen MR) is 280 cm³/mol. The second kappa shape index (κ2) is 16.8. The molecule has 0 saturated heterocycles. The van der Waals surface area contributed by atoms with E-state index in [1.54, 1.807) is 0 Å². The van der Waals surface area contributed by atoms with E-state index in [4.69, 9.17) is 0 Å². The number of rotatable bonds is 9. The molecule has 1 heterocycles. The van der Waals surface area contributed by atoms with Gasteiger partial charge in [0, 0.05) is 33.4 Å². The number of hydrogen-bond acceptors (Lipinski definition) is 1. The van der Waals surface area contributed by atoms with Crippen molar-refractivity contribution in [2.45, 2.75) is 0 Å². The molecule has 0 fully saturated rings. The Labute approximate surface area is 385 Å². The van der Waals surface area contributed by atoms with Gasteiger partial charge in [-0.2, -0.15) is 0 Å². The van der Waals surface area contributed by atoms with Crippen LogP contribution in [0.4, 0.5) is 17.1 Å². The monoisotopic (exact) mass is 840 g/mol. The number of nitrogens with zero attached hydrogens (tertiary/aromatic N) is 2. The Balaban J connectivity index is 1.01. The molecule has 0 amide bonds. The van der Waals surface area contributed by atoms with Crippen LogP contribution in [-0.2, 0) is 0 Å². The van der Waals surface area contributed by atoms with E-state index in [0.717, 1.165) is 39.4 Å². The summed E-state index contributed by atoms with van der Waals surface area (Å²) < 4.78 is 2.43. The van der Waals surface area contributed by atoms with Crippen molar-refractivity contribution in [2.75, 3.05) is 4.90 Å². The third kappa shape index (κ3) is 7.12. The van der Waals surface area contributed by atoms with E-state index in [-0.39, 0.29) is 0 Å². The maximum absolute atomic E-state index is 2.43. The largest absolute Gasteiger partial charge is 0.310 e. The molecule has 0 N–H and O–H groups in total. The minimum absolute atomic E-state index is 1.07. The van der Waals surface area contributed by atoms with E-state index in [0.29, 0.717) is 0 Å². The van der Waals surface area contributed by atoms with Gasteiger partial charge >= 0.3 is 0 Å². The van der Waals surface area contributed by atoms with Gasteiger partial charge < -0.3 is 9.47 Å². The first-order chi connectivity index (χ1) is 32.7. The van der Waals surface area contributed by atoms with Crippen LogP contribution >= 0.6 is 0 Å². The fourth-order valence-electron chi connectivity index (χ4n) is 9.79. The minimum atomic E-state index is 1.07. The molecule has 1 aromatic heterocycles. The highest BCUT2D eigenvalue weighted by atomic mass is 15.1. The van der Waals surface area contributed by atoms with Gasteiger partial charge in [0.1, 0.15) is 0 Å². The zero-order valence-electron chi connectivity index (χ0n) is 36.3. The average Bonchev–Trinajstić information content (AvgIpc) is 3.73. The van der Waals surface area contributed by atoms with Gasteiger partial charge in [-0.15, -0.1) is 0 Å². The normalized spacial score (nSPS) is 11.3. The third-order valence-corrected chi connectivity index (χ3v) is 13.0. The van der Waals surface area contributed by atoms with E-state index >= 15 is 0 Å². The van der Waals surface area contributed by atoms with Gasteiger partial charge in [0.2, 0.25) is 0 Å². The molecule has 0 spiro atoms. The van der Waals surface area contributed by atoms with Crippen LogP contribution < -0.4 is 4.90 Å². The van der Waals surface area contributed by atoms with Crippen LogP contribution in [-0.4, -0.2) is 4.57 Å². The lowest BCUT2D eigenvalue weighted by Gasteiger charge is -2.28. The Bertz CT molecular complexity index is 3640. The van der Waals surface area contributed by atoms with Gasteiger partial charge in [-0.25, -0.2) is 0 Å². The maximum Gasteiger partial charge on any atom is 0.0541 e. The Morgan fingerprint density at radius 1 is 0.242 bits per heavy atom. The summed E-state index contributed by atoms with van der Waals surface area (Å²) in [6.45, 7) is 0. The number of para-hydroxylation sites is 3. The Kier molecular flexibility index (Phi) is 9.89. The van der Waals surface area contributed by atoms with E-state index in [2.05, 4.69) is 276 Å². The first-order valence-corrected chi connectivity index (χ1v) is 22.7. The minimum Gasteiger partial charge on any atom is -0.310 e. The fourth-order valence-corrected chi connectivity index (χ4v) is 9.79. The molecule has 0 bridgehead atoms. The van der Waals surface area contributed by atoms with E-state index < -0.39 is 0 Å². The molecular weight excluding hydrogens is 797 g/mol. The quantitative estimate of drug-likeness (QED) is 0.141. The van der Waals surface area contributed by atoms with Crippen LogP contribution in [0.15, 0.2) is 267 Å². The van der Waals surface area contributed by atoms with Crippen molar-refractivity contribution in [2.24, 2.45) is 0 Å². The van der Waals surface area contributed by atoms with Gasteiger partial charge in [-0.05, 0) is 122 Å². The average molecular weight is 841 g/mol. The Hall–Kier alpha value is -8.72. The van der Waals surface area contributed by atoms with Crippen LogP contribution in [0.2, 0.25) is 0 Å². The molecular formula is C64H44N2. The molecule has 12 rings (SSSR count). The van der Waals surface area contributed by atoms with Crippen molar-refractivity contribution >= 4 is 49.6 Å². The maximum atomic E-state index is 2.43. The van der Waals surface area contributed by atoms with Crippen molar-refractivity contribution in [3.8, 4) is 61.3 Å². The van der Waals surface area contributed by atoms with Crippen molar-refractivity contribution in [3.63, 3.8) is 0 Å². The lowest BCUT2D eigenvalue weighted by atomic mass is 9.92. The second-order valence-electron chi connectivity index (χ2n) is 16.9. The third-order valence-electron chi connectivity index (χ3n) is 13.0. The topological polar surface area (TPSA) is 8.17 Å². The molecule has 0 unspecified atom stereocenters. The number of hydrogen-bond donors (Lipinski definition) is 0. The standard InChI is InChI=1S/C64H44N2/c1-3-17-45(18-4-1)51-23-15-25-54(42-51)65(55-26-16-24-52(43-55)47-33-35-48(36-34-47)53-38-37-46-19-7-8-22-50(46)41-53)56-39-40-57(61(44-56)49-20-5-2-6-21-49)58-27-9-12-30-62(58)66-63-31-13-10-28-59(63)60-29-11-14-32-64(60)66/h1-44H. The van der Waals surface area contributed by atoms with Gasteiger partial charge in [0.15, 0.2) is 0 Å². The summed E-state index contributed by atoms with van der Waals surface area (Å²) in [6.07, 6.45) is 0. The SMILES string of the molecule is c1ccc(-c2cccc(N(c3cccc(-c4ccc(-c5ccc6ccccc6c5)cc4)c3)c3ccc(-c4ccccc4-n4c5ccccc5c5ccccc54)c(-c4ccccc4)c3)c2)cc1. The number of benzene rings is 11. The molecule has 2 heteroatoms. The number of anilines is 3. The second-order valence-corrected chi connectivity index (χ2v) is 16.9. The molecule has 0 atom stereocenters. The summed E-state index contributed by atoms with van der Waals surface area (Å²) in [6, 6.07) is 97.0. The van der Waals surface area contributed by atoms with Crippen LogP contribution in [0.5, 0.6) is 0 Å². The zero-order valence-corrected chi connectivity index (χ0v) is 36.3. The molecule has 0 saturated carbocycles. The number of fused-ring (bicyclic) bond motifs is 4. The molecule has 2 nitrogen and oxygen atoms in total. The van der Waals surface area contributed by atoms with E-state index in [1.165, 1.54) is 71.5 Å². The molecule has 11 aromatic carbocycles. The number of aromatic nitrogens is 1. The molecule has 0 aliphatic carbocycles. The molecule has 12 aromatic rings. The lowest BCUT2D eigenvalue weighted by Crippen LogP contribution is -2.10. The predicted octanol–water partition coefficient (Wildman–Crippen LogP) is 17.7. The molecule has 0 aliphatic rings. The summed E-state index contributed by atoms with van der Waals surface area (Å²) in [5, 5.41) is 5.00. The van der Waals surface area contributed by atoms with Crippen molar-refractivity contribution in [3.05, 3.63) is 267 Å². The van der Waals surface area contributed by atoms with Crippen molar-refractivity contribution < 1.29 is 0 Å². The van der Waals surface area contributed by atoms with Gasteiger partial charge in [0.05, 0.1) is 16.7 Å². The zero-order chi connectivity index (χ0) is 43.8. The van der Waals surface area contributed by atoms with E-state index in [1.807, 2.05) is 0 Å². The molecule has 0 radical (unpaired) electrons. The summed E-state index contributed by atoms with van der Waals surface area (Å²) in [5.74, 6) is 0. The molecule has 310 valence electrons. The van der Waals surface area contributed by atoms with Gasteiger partial charge in [-0.1, -0.05) is 206 Å². The molecule has 66 heavy (non-hydrogen) atoms. The smallest absolute Gasteiger partial charge is 0.0541 e. The van der Waals surface area contributed by atoms with Crippen molar-refractivity contribution in [1.82, 2.24) is 4.57 Å². The summed E-state index contributed by atoms with van der Waals surface area (Å²) in [5.41, 5.74) is 18.5. The first kappa shape index (κ1) is 38.9. The molecule has 0 aliphatic heterocycles. The summed E-state index contributed by atoms with van der Waals surface area (Å²) >= 11 is 0. The summed E-state index contributed by atoms with van der Waals surface area (Å²) in [4.78, 5) is 2.41. The van der Waals surface area contributed by atoms with Gasteiger partial charge in [0.25, 0.3) is 0 Å². The highest BCUT2D eigenvalue weighted by Crippen LogP contribution is 2.45. The van der Waals surface area contributed by atoms with Crippen LogP contribution in [0.1, 0.15) is 0 Å². The highest BCUT2D eigenvalue weighted by molar-refractivity contribution is 6.10. The summed E-state index contributed by atoms with van der Waals surface area (Å²) in [7, 11) is 0. The van der Waals surface area contributed by atoms with Crippen molar-refractivity contribution in [1.29, 1.82) is 0 Å². The lowest BCUT2D eigenvalue weighted by molar-refractivity contribution is 1.18.